The largest absolute Gasteiger partial charge is 0.486 e. The van der Waals surface area contributed by atoms with Crippen LogP contribution in [0.25, 0.3) is 11.2 Å². The monoisotopic (exact) mass is 434 g/mol. The van der Waals surface area contributed by atoms with Gasteiger partial charge in [0.2, 0.25) is 0 Å². The number of rotatable bonds is 5. The van der Waals surface area contributed by atoms with E-state index in [4.69, 9.17) is 31.0 Å². The zero-order valence-electron chi connectivity index (χ0n) is 16.6. The Labute approximate surface area is 183 Å². The van der Waals surface area contributed by atoms with Crippen LogP contribution in [-0.4, -0.2) is 38.2 Å². The quantitative estimate of drug-likeness (QED) is 0.500. The number of fused-ring (bicyclic) bond motifs is 2. The lowest BCUT2D eigenvalue weighted by molar-refractivity contribution is 0.171. The highest BCUT2D eigenvalue weighted by Crippen LogP contribution is 2.40. The molecule has 1 aliphatic heterocycles. The smallest absolute Gasteiger partial charge is 0.184 e. The van der Waals surface area contributed by atoms with Crippen LogP contribution in [0.5, 0.6) is 11.5 Å². The summed E-state index contributed by atoms with van der Waals surface area (Å²) in [6.07, 6.45) is 2.20. The number of nitrogens with one attached hydrogen (secondary N) is 1. The Hall–Kier alpha value is -3.39. The van der Waals surface area contributed by atoms with Crippen LogP contribution in [0.4, 0.5) is 11.5 Å². The number of ether oxygens (including phenoxy) is 2. The summed E-state index contributed by atoms with van der Waals surface area (Å²) in [5.74, 6) is 3.29. The summed E-state index contributed by atoms with van der Waals surface area (Å²) in [5.41, 5.74) is 3.11. The fraction of sp³-hybridized carbons (Fsp3) is 0.273. The fourth-order valence-corrected chi connectivity index (χ4v) is 3.83. The molecule has 8 nitrogen and oxygen atoms in total. The van der Waals surface area contributed by atoms with E-state index < -0.39 is 0 Å². The maximum Gasteiger partial charge on any atom is 0.184 e. The number of benzene rings is 2. The Kier molecular flexibility index (Phi) is 4.38. The second-order valence-corrected chi connectivity index (χ2v) is 8.11. The maximum absolute atomic E-state index is 6.35. The summed E-state index contributed by atoms with van der Waals surface area (Å²) in [6.45, 7) is 1.59. The molecule has 6 rings (SSSR count). The van der Waals surface area contributed by atoms with Crippen LogP contribution in [0.1, 0.15) is 30.1 Å². The molecule has 0 spiro atoms. The van der Waals surface area contributed by atoms with Crippen molar-refractivity contribution >= 4 is 34.3 Å². The molecule has 0 bridgehead atoms. The van der Waals surface area contributed by atoms with Crippen molar-refractivity contribution in [2.75, 3.05) is 18.5 Å². The normalized spacial score (nSPS) is 15.3. The minimum atomic E-state index is 0.383. The molecule has 2 aliphatic rings. The third-order valence-electron chi connectivity index (χ3n) is 5.41. The van der Waals surface area contributed by atoms with E-state index in [9.17, 15) is 0 Å². The molecule has 0 unspecified atom stereocenters. The Morgan fingerprint density at radius 1 is 1.03 bits per heavy atom. The number of nitrogens with zero attached hydrogens (tertiary/aromatic N) is 5. The molecule has 1 fully saturated rings. The standard InChI is InChI=1S/C22H19ClN6O2/c23-16-4-2-1-3-14(16)12-29-22-19(27-28-29)21(25-20(26-22)13-5-6-13)24-15-7-8-17-18(11-15)31-10-9-30-17/h1-4,7-8,11,13H,5-6,9-10,12H2,(H,24,25,26). The molecule has 2 aromatic carbocycles. The van der Waals surface area contributed by atoms with Crippen molar-refractivity contribution in [1.82, 2.24) is 25.0 Å². The summed E-state index contributed by atoms with van der Waals surface area (Å²) in [5, 5.41) is 12.8. The molecule has 0 atom stereocenters. The molecule has 0 radical (unpaired) electrons. The van der Waals surface area contributed by atoms with E-state index in [1.54, 1.807) is 4.68 Å². The van der Waals surface area contributed by atoms with Gasteiger partial charge < -0.3 is 14.8 Å². The van der Waals surface area contributed by atoms with Crippen molar-refractivity contribution in [3.8, 4) is 11.5 Å². The predicted octanol–water partition coefficient (Wildman–Crippen LogP) is 4.32. The van der Waals surface area contributed by atoms with Crippen LogP contribution in [0.15, 0.2) is 42.5 Å². The van der Waals surface area contributed by atoms with Gasteiger partial charge in [0, 0.05) is 22.7 Å². The van der Waals surface area contributed by atoms with Crippen LogP contribution < -0.4 is 14.8 Å². The number of halogens is 1. The number of anilines is 2. The van der Waals surface area contributed by atoms with Crippen molar-refractivity contribution in [2.45, 2.75) is 25.3 Å². The van der Waals surface area contributed by atoms with Gasteiger partial charge in [0.05, 0.1) is 6.54 Å². The number of aromatic nitrogens is 5. The first-order chi connectivity index (χ1) is 15.2. The summed E-state index contributed by atoms with van der Waals surface area (Å²) in [6, 6.07) is 13.5. The van der Waals surface area contributed by atoms with Crippen molar-refractivity contribution in [3.63, 3.8) is 0 Å². The molecule has 9 heteroatoms. The third kappa shape index (κ3) is 3.53. The molecule has 1 saturated carbocycles. The first-order valence-corrected chi connectivity index (χ1v) is 10.6. The molecule has 156 valence electrons. The minimum Gasteiger partial charge on any atom is -0.486 e. The van der Waals surface area contributed by atoms with Crippen molar-refractivity contribution < 1.29 is 9.47 Å². The van der Waals surface area contributed by atoms with Crippen LogP contribution in [0, 0.1) is 0 Å². The molecule has 1 aliphatic carbocycles. The van der Waals surface area contributed by atoms with E-state index >= 15 is 0 Å². The first kappa shape index (κ1) is 18.4. The Balaban J connectivity index is 1.39. The fourth-order valence-electron chi connectivity index (χ4n) is 3.64. The van der Waals surface area contributed by atoms with Gasteiger partial charge >= 0.3 is 0 Å². The average molecular weight is 435 g/mol. The van der Waals surface area contributed by atoms with Gasteiger partial charge in [-0.05, 0) is 36.6 Å². The van der Waals surface area contributed by atoms with E-state index in [1.807, 2.05) is 42.5 Å². The van der Waals surface area contributed by atoms with Gasteiger partial charge in [-0.3, -0.25) is 0 Å². The summed E-state index contributed by atoms with van der Waals surface area (Å²) < 4.78 is 13.1. The third-order valence-corrected chi connectivity index (χ3v) is 5.77. The molecule has 0 amide bonds. The van der Waals surface area contributed by atoms with Crippen molar-refractivity contribution in [1.29, 1.82) is 0 Å². The van der Waals surface area contributed by atoms with E-state index in [0.29, 0.717) is 53.4 Å². The maximum atomic E-state index is 6.35. The lowest BCUT2D eigenvalue weighted by Gasteiger charge is -2.19. The Morgan fingerprint density at radius 2 is 1.87 bits per heavy atom. The molecule has 2 aromatic heterocycles. The molecular formula is C22H19ClN6O2. The summed E-state index contributed by atoms with van der Waals surface area (Å²) >= 11 is 6.35. The average Bonchev–Trinajstić information content (AvgIpc) is 3.57. The van der Waals surface area contributed by atoms with Crippen molar-refractivity contribution in [2.24, 2.45) is 0 Å². The Morgan fingerprint density at radius 3 is 2.71 bits per heavy atom. The molecular weight excluding hydrogens is 416 g/mol. The predicted molar refractivity (Wildman–Crippen MR) is 116 cm³/mol. The molecule has 0 saturated heterocycles. The lowest BCUT2D eigenvalue weighted by Crippen LogP contribution is -2.15. The lowest BCUT2D eigenvalue weighted by atomic mass is 10.2. The topological polar surface area (TPSA) is 87.0 Å². The first-order valence-electron chi connectivity index (χ1n) is 10.3. The minimum absolute atomic E-state index is 0.383. The van der Waals surface area contributed by atoms with Gasteiger partial charge in [-0.2, -0.15) is 0 Å². The van der Waals surface area contributed by atoms with Crippen LogP contribution in [0.3, 0.4) is 0 Å². The zero-order valence-corrected chi connectivity index (χ0v) is 17.3. The second kappa shape index (κ2) is 7.39. The van der Waals surface area contributed by atoms with Gasteiger partial charge in [-0.15, -0.1) is 5.10 Å². The zero-order chi connectivity index (χ0) is 20.8. The highest BCUT2D eigenvalue weighted by molar-refractivity contribution is 6.31. The SMILES string of the molecule is Clc1ccccc1Cn1nnc2c(Nc3ccc4c(c3)OCCO4)nc(C3CC3)nc21. The van der Waals surface area contributed by atoms with Gasteiger partial charge in [0.1, 0.15) is 19.0 Å². The van der Waals surface area contributed by atoms with Crippen molar-refractivity contribution in [3.05, 3.63) is 58.9 Å². The van der Waals surface area contributed by atoms with E-state index in [2.05, 4.69) is 15.6 Å². The number of hydrogen-bond donors (Lipinski definition) is 1. The van der Waals surface area contributed by atoms with Gasteiger partial charge in [0.25, 0.3) is 0 Å². The van der Waals surface area contributed by atoms with Gasteiger partial charge in [-0.25, -0.2) is 14.6 Å². The second-order valence-electron chi connectivity index (χ2n) is 7.70. The molecule has 4 aromatic rings. The van der Waals surface area contributed by atoms with Gasteiger partial charge in [-0.1, -0.05) is 35.0 Å². The van der Waals surface area contributed by atoms with E-state index in [0.717, 1.165) is 35.7 Å². The highest BCUT2D eigenvalue weighted by Gasteiger charge is 2.29. The molecule has 1 N–H and O–H groups in total. The van der Waals surface area contributed by atoms with E-state index in [1.165, 1.54) is 0 Å². The van der Waals surface area contributed by atoms with Crippen LogP contribution >= 0.6 is 11.6 Å². The van der Waals surface area contributed by atoms with Crippen LogP contribution in [-0.2, 0) is 6.54 Å². The molecule has 3 heterocycles. The van der Waals surface area contributed by atoms with Gasteiger partial charge in [0.15, 0.2) is 28.5 Å². The molecule has 31 heavy (non-hydrogen) atoms. The highest BCUT2D eigenvalue weighted by atomic mass is 35.5. The summed E-state index contributed by atoms with van der Waals surface area (Å²) in [7, 11) is 0. The van der Waals surface area contributed by atoms with E-state index in [-0.39, 0.29) is 0 Å². The summed E-state index contributed by atoms with van der Waals surface area (Å²) in [4.78, 5) is 9.57. The van der Waals surface area contributed by atoms with Crippen LogP contribution in [0.2, 0.25) is 5.02 Å². The Bertz CT molecular complexity index is 1290. The number of hydrogen-bond acceptors (Lipinski definition) is 7.